The van der Waals surface area contributed by atoms with Gasteiger partial charge in [0.05, 0.1) is 5.01 Å². The molecule has 0 atom stereocenters. The number of benzene rings is 1. The second-order valence-electron chi connectivity index (χ2n) is 5.56. The molecule has 3 nitrogen and oxygen atoms in total. The highest BCUT2D eigenvalue weighted by Gasteiger charge is 2.13. The summed E-state index contributed by atoms with van der Waals surface area (Å²) in [5, 5.41) is 11.3. The number of rotatable bonds is 3. The molecule has 0 unspecified atom stereocenters. The van der Waals surface area contributed by atoms with Crippen molar-refractivity contribution in [2.24, 2.45) is 0 Å². The molecule has 0 aliphatic carbocycles. The molecule has 0 aliphatic heterocycles. The van der Waals surface area contributed by atoms with E-state index in [1.54, 1.807) is 5.38 Å². The van der Waals surface area contributed by atoms with Gasteiger partial charge >= 0.3 is 5.97 Å². The molecule has 2 rings (SSSR count). The Morgan fingerprint density at radius 3 is 2.37 bits per heavy atom. The fourth-order valence-electron chi connectivity index (χ4n) is 1.79. The molecule has 0 fully saturated rings. The van der Waals surface area contributed by atoms with Gasteiger partial charge < -0.3 is 5.11 Å². The number of aromatic carboxylic acids is 1. The summed E-state index contributed by atoms with van der Waals surface area (Å²) in [5.74, 6) is -0.967. The van der Waals surface area contributed by atoms with Crippen LogP contribution in [-0.2, 0) is 11.8 Å². The largest absolute Gasteiger partial charge is 0.476 e. The predicted molar refractivity (Wildman–Crippen MR) is 77.0 cm³/mol. The standard InChI is InChI=1S/C15H17NO2S/c1-15(2,3)11-6-4-10(5-7-11)8-13-16-12(9-19-13)14(17)18/h4-7,9H,8H2,1-3H3,(H,17,18). The van der Waals surface area contributed by atoms with Crippen molar-refractivity contribution in [3.8, 4) is 0 Å². The molecule has 0 aliphatic rings. The summed E-state index contributed by atoms with van der Waals surface area (Å²) in [6.45, 7) is 6.55. The van der Waals surface area contributed by atoms with Gasteiger partial charge in [0.2, 0.25) is 0 Å². The summed E-state index contributed by atoms with van der Waals surface area (Å²) in [4.78, 5) is 14.9. The van der Waals surface area contributed by atoms with Crippen molar-refractivity contribution in [1.29, 1.82) is 0 Å². The molecular formula is C15H17NO2S. The average molecular weight is 275 g/mol. The third kappa shape index (κ3) is 3.41. The third-order valence-corrected chi connectivity index (χ3v) is 3.79. The zero-order chi connectivity index (χ0) is 14.0. The Kier molecular flexibility index (Phi) is 3.71. The van der Waals surface area contributed by atoms with Gasteiger partial charge in [-0.1, -0.05) is 45.0 Å². The lowest BCUT2D eigenvalue weighted by molar-refractivity contribution is 0.0691. The Labute approximate surface area is 116 Å². The molecule has 0 saturated carbocycles. The van der Waals surface area contributed by atoms with Gasteiger partial charge in [0.1, 0.15) is 0 Å². The van der Waals surface area contributed by atoms with Crippen LogP contribution in [0.25, 0.3) is 0 Å². The number of nitrogens with zero attached hydrogens (tertiary/aromatic N) is 1. The normalized spacial score (nSPS) is 11.5. The van der Waals surface area contributed by atoms with Gasteiger partial charge in [-0.3, -0.25) is 0 Å². The number of hydrogen-bond acceptors (Lipinski definition) is 3. The third-order valence-electron chi connectivity index (χ3n) is 2.95. The molecular weight excluding hydrogens is 258 g/mol. The topological polar surface area (TPSA) is 50.2 Å². The van der Waals surface area contributed by atoms with Gasteiger partial charge in [0.15, 0.2) is 5.69 Å². The van der Waals surface area contributed by atoms with Crippen LogP contribution in [0.4, 0.5) is 0 Å². The number of thiazole rings is 1. The zero-order valence-electron chi connectivity index (χ0n) is 11.3. The second-order valence-corrected chi connectivity index (χ2v) is 6.50. The van der Waals surface area contributed by atoms with Crippen molar-refractivity contribution in [3.05, 3.63) is 51.5 Å². The summed E-state index contributed by atoms with van der Waals surface area (Å²) >= 11 is 1.39. The molecule has 100 valence electrons. The van der Waals surface area contributed by atoms with E-state index in [9.17, 15) is 4.79 Å². The summed E-state index contributed by atoms with van der Waals surface area (Å²) in [6.07, 6.45) is 0.683. The Morgan fingerprint density at radius 1 is 1.26 bits per heavy atom. The number of hydrogen-bond donors (Lipinski definition) is 1. The lowest BCUT2D eigenvalue weighted by Gasteiger charge is -2.19. The van der Waals surface area contributed by atoms with Crippen LogP contribution in [0.3, 0.4) is 0 Å². The highest BCUT2D eigenvalue weighted by atomic mass is 32.1. The van der Waals surface area contributed by atoms with E-state index in [0.717, 1.165) is 10.6 Å². The SMILES string of the molecule is CC(C)(C)c1ccc(Cc2nc(C(=O)O)cs2)cc1. The molecule has 4 heteroatoms. The maximum Gasteiger partial charge on any atom is 0.355 e. The average Bonchev–Trinajstić information content (AvgIpc) is 2.77. The monoisotopic (exact) mass is 275 g/mol. The summed E-state index contributed by atoms with van der Waals surface area (Å²) in [5.41, 5.74) is 2.73. The minimum absolute atomic E-state index is 0.131. The van der Waals surface area contributed by atoms with Crippen molar-refractivity contribution in [2.75, 3.05) is 0 Å². The van der Waals surface area contributed by atoms with Crippen LogP contribution in [0.15, 0.2) is 29.6 Å². The predicted octanol–water partition coefficient (Wildman–Crippen LogP) is 3.73. The van der Waals surface area contributed by atoms with Crippen LogP contribution in [0.1, 0.15) is 47.4 Å². The number of carboxylic acids is 1. The van der Waals surface area contributed by atoms with Gasteiger partial charge in [-0.15, -0.1) is 11.3 Å². The molecule has 19 heavy (non-hydrogen) atoms. The minimum Gasteiger partial charge on any atom is -0.476 e. The van der Waals surface area contributed by atoms with Crippen LogP contribution in [0.2, 0.25) is 0 Å². The fourth-order valence-corrected chi connectivity index (χ4v) is 2.59. The summed E-state index contributed by atoms with van der Waals surface area (Å²) in [7, 11) is 0. The molecule has 0 amide bonds. The maximum atomic E-state index is 10.8. The quantitative estimate of drug-likeness (QED) is 0.928. The molecule has 1 heterocycles. The van der Waals surface area contributed by atoms with E-state index in [0.29, 0.717) is 6.42 Å². The van der Waals surface area contributed by atoms with E-state index in [-0.39, 0.29) is 11.1 Å². The van der Waals surface area contributed by atoms with Crippen LogP contribution >= 0.6 is 11.3 Å². The van der Waals surface area contributed by atoms with E-state index in [4.69, 9.17) is 5.11 Å². The molecule has 0 radical (unpaired) electrons. The minimum atomic E-state index is -0.967. The smallest absolute Gasteiger partial charge is 0.355 e. The lowest BCUT2D eigenvalue weighted by atomic mass is 9.86. The molecule has 1 aromatic heterocycles. The fraction of sp³-hybridized carbons (Fsp3) is 0.333. The van der Waals surface area contributed by atoms with E-state index in [1.165, 1.54) is 16.9 Å². The highest BCUT2D eigenvalue weighted by molar-refractivity contribution is 7.09. The van der Waals surface area contributed by atoms with Gasteiger partial charge in [-0.2, -0.15) is 0 Å². The van der Waals surface area contributed by atoms with Crippen molar-refractivity contribution in [2.45, 2.75) is 32.6 Å². The molecule has 0 spiro atoms. The molecule has 1 aromatic carbocycles. The zero-order valence-corrected chi connectivity index (χ0v) is 12.1. The van der Waals surface area contributed by atoms with Gasteiger partial charge in [-0.05, 0) is 16.5 Å². The number of carboxylic acid groups (broad SMARTS) is 1. The van der Waals surface area contributed by atoms with E-state index in [1.807, 2.05) is 0 Å². The first kappa shape index (κ1) is 13.7. The molecule has 0 saturated heterocycles. The number of carbonyl (C=O) groups is 1. The highest BCUT2D eigenvalue weighted by Crippen LogP contribution is 2.23. The van der Waals surface area contributed by atoms with Gasteiger partial charge in [-0.25, -0.2) is 9.78 Å². The Balaban J connectivity index is 2.13. The first-order valence-electron chi connectivity index (χ1n) is 6.13. The molecule has 2 aromatic rings. The van der Waals surface area contributed by atoms with Gasteiger partial charge in [0, 0.05) is 11.8 Å². The molecule has 1 N–H and O–H groups in total. The Bertz CT molecular complexity index is 579. The Morgan fingerprint density at radius 2 is 1.89 bits per heavy atom. The summed E-state index contributed by atoms with van der Waals surface area (Å²) < 4.78 is 0. The molecule has 0 bridgehead atoms. The van der Waals surface area contributed by atoms with Crippen molar-refractivity contribution in [1.82, 2.24) is 4.98 Å². The van der Waals surface area contributed by atoms with E-state index in [2.05, 4.69) is 50.0 Å². The van der Waals surface area contributed by atoms with Crippen molar-refractivity contribution in [3.63, 3.8) is 0 Å². The van der Waals surface area contributed by atoms with Crippen LogP contribution in [0, 0.1) is 0 Å². The van der Waals surface area contributed by atoms with Crippen molar-refractivity contribution >= 4 is 17.3 Å². The van der Waals surface area contributed by atoms with Crippen molar-refractivity contribution < 1.29 is 9.90 Å². The van der Waals surface area contributed by atoms with E-state index >= 15 is 0 Å². The van der Waals surface area contributed by atoms with Crippen LogP contribution in [-0.4, -0.2) is 16.1 Å². The summed E-state index contributed by atoms with van der Waals surface area (Å²) in [6, 6.07) is 8.42. The maximum absolute atomic E-state index is 10.8. The Hall–Kier alpha value is -1.68. The number of aromatic nitrogens is 1. The lowest BCUT2D eigenvalue weighted by Crippen LogP contribution is -2.10. The van der Waals surface area contributed by atoms with E-state index < -0.39 is 5.97 Å². The first-order chi connectivity index (χ1) is 8.86. The van der Waals surface area contributed by atoms with Gasteiger partial charge in [0.25, 0.3) is 0 Å². The van der Waals surface area contributed by atoms with Crippen LogP contribution in [0.5, 0.6) is 0 Å². The first-order valence-corrected chi connectivity index (χ1v) is 7.01. The van der Waals surface area contributed by atoms with Crippen LogP contribution < -0.4 is 0 Å². The second kappa shape index (κ2) is 5.13.